The second kappa shape index (κ2) is 9.97. The summed E-state index contributed by atoms with van der Waals surface area (Å²) in [7, 11) is -3.49. The Bertz CT molecular complexity index is 991. The van der Waals surface area contributed by atoms with Gasteiger partial charge in [0.05, 0.1) is 18.3 Å². The maximum absolute atomic E-state index is 12.5. The molecule has 29 heavy (non-hydrogen) atoms. The van der Waals surface area contributed by atoms with E-state index in [1.807, 2.05) is 60.7 Å². The van der Waals surface area contributed by atoms with Crippen molar-refractivity contribution >= 4 is 15.7 Å². The van der Waals surface area contributed by atoms with Gasteiger partial charge in [-0.3, -0.25) is 9.48 Å². The van der Waals surface area contributed by atoms with E-state index in [2.05, 4.69) is 15.4 Å². The van der Waals surface area contributed by atoms with E-state index < -0.39 is 27.5 Å². The average molecular weight is 413 g/mol. The molecule has 2 aromatic carbocycles. The summed E-state index contributed by atoms with van der Waals surface area (Å²) in [6.07, 6.45) is 4.13. The van der Waals surface area contributed by atoms with Gasteiger partial charge in [-0.05, 0) is 24.0 Å². The standard InChI is InChI=1S/C21H24N4O3S/c26-21(15-29(27,28)13-7-10-18-8-3-1-4-9-18)24-20(14-25-17-22-16-23-25)19-11-5-2-6-12-19/h1-6,8-9,11-12,16-17,20H,7,10,13-15H2,(H,24,26). The molecule has 0 spiro atoms. The Morgan fingerprint density at radius 3 is 2.38 bits per heavy atom. The van der Waals surface area contributed by atoms with E-state index in [0.29, 0.717) is 19.4 Å². The third kappa shape index (κ3) is 6.83. The van der Waals surface area contributed by atoms with Crippen LogP contribution in [0.2, 0.25) is 0 Å². The van der Waals surface area contributed by atoms with E-state index in [1.165, 1.54) is 6.33 Å². The van der Waals surface area contributed by atoms with Crippen LogP contribution in [-0.4, -0.2) is 40.6 Å². The highest BCUT2D eigenvalue weighted by atomic mass is 32.2. The van der Waals surface area contributed by atoms with E-state index in [1.54, 1.807) is 11.0 Å². The fraction of sp³-hybridized carbons (Fsp3) is 0.286. The largest absolute Gasteiger partial charge is 0.347 e. The van der Waals surface area contributed by atoms with E-state index in [4.69, 9.17) is 0 Å². The summed E-state index contributed by atoms with van der Waals surface area (Å²) in [5.41, 5.74) is 1.96. The lowest BCUT2D eigenvalue weighted by Gasteiger charge is -2.19. The van der Waals surface area contributed by atoms with Crippen molar-refractivity contribution < 1.29 is 13.2 Å². The summed E-state index contributed by atoms with van der Waals surface area (Å²) < 4.78 is 26.4. The minimum Gasteiger partial charge on any atom is -0.347 e. The number of hydrogen-bond acceptors (Lipinski definition) is 5. The zero-order valence-corrected chi connectivity index (χ0v) is 16.8. The van der Waals surface area contributed by atoms with Crippen LogP contribution in [0.3, 0.4) is 0 Å². The van der Waals surface area contributed by atoms with Crippen molar-refractivity contribution in [3.05, 3.63) is 84.4 Å². The van der Waals surface area contributed by atoms with Gasteiger partial charge in [-0.15, -0.1) is 0 Å². The van der Waals surface area contributed by atoms with Gasteiger partial charge >= 0.3 is 0 Å². The molecule has 0 saturated carbocycles. The van der Waals surface area contributed by atoms with Crippen molar-refractivity contribution in [1.29, 1.82) is 0 Å². The van der Waals surface area contributed by atoms with Gasteiger partial charge in [0, 0.05) is 0 Å². The van der Waals surface area contributed by atoms with Crippen molar-refractivity contribution in [3.63, 3.8) is 0 Å². The lowest BCUT2D eigenvalue weighted by molar-refractivity contribution is -0.119. The van der Waals surface area contributed by atoms with Gasteiger partial charge in [0.25, 0.3) is 0 Å². The molecule has 7 nitrogen and oxygen atoms in total. The van der Waals surface area contributed by atoms with Crippen LogP contribution in [0.15, 0.2) is 73.3 Å². The molecule has 0 aliphatic rings. The molecule has 1 heterocycles. The Morgan fingerprint density at radius 1 is 1.03 bits per heavy atom. The van der Waals surface area contributed by atoms with Crippen LogP contribution in [0.4, 0.5) is 0 Å². The quantitative estimate of drug-likeness (QED) is 0.551. The molecule has 8 heteroatoms. The Kier molecular flexibility index (Phi) is 7.13. The Balaban J connectivity index is 1.57. The molecule has 0 aliphatic heterocycles. The van der Waals surface area contributed by atoms with Gasteiger partial charge in [0.1, 0.15) is 18.4 Å². The predicted octanol–water partition coefficient (Wildman–Crippen LogP) is 2.18. The van der Waals surface area contributed by atoms with Crippen molar-refractivity contribution in [1.82, 2.24) is 20.1 Å². The van der Waals surface area contributed by atoms with Crippen LogP contribution < -0.4 is 5.32 Å². The first-order valence-corrected chi connectivity index (χ1v) is 11.2. The van der Waals surface area contributed by atoms with Crippen molar-refractivity contribution in [3.8, 4) is 0 Å². The molecule has 3 rings (SSSR count). The van der Waals surface area contributed by atoms with Gasteiger partial charge in [-0.25, -0.2) is 13.4 Å². The van der Waals surface area contributed by atoms with Gasteiger partial charge in [0.2, 0.25) is 5.91 Å². The first-order chi connectivity index (χ1) is 14.0. The Labute approximate surface area is 170 Å². The SMILES string of the molecule is O=C(CS(=O)(=O)CCCc1ccccc1)NC(Cn1cncn1)c1ccccc1. The Morgan fingerprint density at radius 2 is 1.72 bits per heavy atom. The molecular weight excluding hydrogens is 388 g/mol. The highest BCUT2D eigenvalue weighted by Gasteiger charge is 2.21. The van der Waals surface area contributed by atoms with E-state index in [0.717, 1.165) is 11.1 Å². The molecule has 1 unspecified atom stereocenters. The second-order valence-electron chi connectivity index (χ2n) is 6.83. The van der Waals surface area contributed by atoms with Gasteiger partial charge in [-0.2, -0.15) is 5.10 Å². The lowest BCUT2D eigenvalue weighted by atomic mass is 10.1. The summed E-state index contributed by atoms with van der Waals surface area (Å²) in [5.74, 6) is -1.06. The van der Waals surface area contributed by atoms with Crippen LogP contribution in [0, 0.1) is 0 Å². The molecule has 0 saturated heterocycles. The average Bonchev–Trinajstić information content (AvgIpc) is 3.21. The first-order valence-electron chi connectivity index (χ1n) is 9.43. The molecule has 0 bridgehead atoms. The molecular formula is C21H24N4O3S. The number of nitrogens with zero attached hydrogens (tertiary/aromatic N) is 3. The number of carbonyl (C=O) groups is 1. The summed E-state index contributed by atoms with van der Waals surface area (Å²) >= 11 is 0. The molecule has 0 aliphatic carbocycles. The fourth-order valence-electron chi connectivity index (χ4n) is 3.08. The van der Waals surface area contributed by atoms with Crippen LogP contribution >= 0.6 is 0 Å². The molecule has 1 N–H and O–H groups in total. The normalized spacial score (nSPS) is 12.4. The Hall–Kier alpha value is -3.00. The lowest BCUT2D eigenvalue weighted by Crippen LogP contribution is -2.36. The molecule has 3 aromatic rings. The summed E-state index contributed by atoms with van der Waals surface area (Å²) in [6, 6.07) is 18.7. The number of carbonyl (C=O) groups excluding carboxylic acids is 1. The van der Waals surface area contributed by atoms with Crippen LogP contribution in [0.25, 0.3) is 0 Å². The summed E-state index contributed by atoms with van der Waals surface area (Å²) in [4.78, 5) is 16.4. The number of amides is 1. The molecule has 1 aromatic heterocycles. The molecule has 1 atom stereocenters. The molecule has 0 radical (unpaired) electrons. The van der Waals surface area contributed by atoms with Crippen molar-refractivity contribution in [2.75, 3.05) is 11.5 Å². The zero-order chi connectivity index (χ0) is 20.5. The second-order valence-corrected chi connectivity index (χ2v) is 9.01. The van der Waals surface area contributed by atoms with Crippen LogP contribution in [0.5, 0.6) is 0 Å². The zero-order valence-electron chi connectivity index (χ0n) is 16.0. The molecule has 152 valence electrons. The third-order valence-electron chi connectivity index (χ3n) is 4.49. The minimum atomic E-state index is -3.49. The highest BCUT2D eigenvalue weighted by molar-refractivity contribution is 7.92. The monoisotopic (exact) mass is 412 g/mol. The van der Waals surface area contributed by atoms with E-state index in [9.17, 15) is 13.2 Å². The highest BCUT2D eigenvalue weighted by Crippen LogP contribution is 2.15. The van der Waals surface area contributed by atoms with Gasteiger partial charge < -0.3 is 5.32 Å². The van der Waals surface area contributed by atoms with E-state index >= 15 is 0 Å². The number of benzene rings is 2. The predicted molar refractivity (Wildman–Crippen MR) is 111 cm³/mol. The van der Waals surface area contributed by atoms with Crippen LogP contribution in [0.1, 0.15) is 23.6 Å². The van der Waals surface area contributed by atoms with E-state index in [-0.39, 0.29) is 5.75 Å². The number of aryl methyl sites for hydroxylation is 1. The molecule has 0 fully saturated rings. The smallest absolute Gasteiger partial charge is 0.235 e. The number of nitrogens with one attached hydrogen (secondary N) is 1. The first kappa shape index (κ1) is 20.7. The summed E-state index contributed by atoms with van der Waals surface area (Å²) in [6.45, 7) is 0.365. The minimum absolute atomic E-state index is 0.0195. The van der Waals surface area contributed by atoms with Gasteiger partial charge in [0.15, 0.2) is 9.84 Å². The number of sulfone groups is 1. The topological polar surface area (TPSA) is 94.0 Å². The third-order valence-corrected chi connectivity index (χ3v) is 6.10. The summed E-state index contributed by atoms with van der Waals surface area (Å²) in [5, 5.41) is 6.90. The van der Waals surface area contributed by atoms with Crippen LogP contribution in [-0.2, 0) is 27.6 Å². The van der Waals surface area contributed by atoms with Crippen molar-refractivity contribution in [2.24, 2.45) is 0 Å². The number of hydrogen-bond donors (Lipinski definition) is 1. The van der Waals surface area contributed by atoms with Crippen molar-refractivity contribution in [2.45, 2.75) is 25.4 Å². The maximum Gasteiger partial charge on any atom is 0.235 e. The maximum atomic E-state index is 12.5. The number of rotatable bonds is 10. The molecule has 1 amide bonds. The number of aromatic nitrogens is 3. The fourth-order valence-corrected chi connectivity index (χ4v) is 4.29. The van der Waals surface area contributed by atoms with Gasteiger partial charge in [-0.1, -0.05) is 60.7 Å².